The number of benzene rings is 1. The van der Waals surface area contributed by atoms with Gasteiger partial charge in [-0.3, -0.25) is 0 Å². The third-order valence-electron chi connectivity index (χ3n) is 2.99. The summed E-state index contributed by atoms with van der Waals surface area (Å²) >= 11 is 0. The van der Waals surface area contributed by atoms with Gasteiger partial charge in [-0.2, -0.15) is 0 Å². The Kier molecular flexibility index (Phi) is 5.13. The van der Waals surface area contributed by atoms with E-state index in [1.807, 2.05) is 6.07 Å². The largest absolute Gasteiger partial charge is 0.493 e. The standard InChI is InChI=1S/C14H22O3/c1-6-7-10(2)11-8-9-12(15-3)14(17-5)13(11)16-4/h8-10H,6-7H2,1-5H3. The predicted octanol–water partition coefficient (Wildman–Crippen LogP) is 3.62. The van der Waals surface area contributed by atoms with Crippen LogP contribution in [-0.2, 0) is 0 Å². The molecular weight excluding hydrogens is 216 g/mol. The van der Waals surface area contributed by atoms with Gasteiger partial charge in [0.1, 0.15) is 0 Å². The number of rotatable bonds is 6. The Balaban J connectivity index is 3.22. The first-order chi connectivity index (χ1) is 8.19. The number of ether oxygens (including phenoxy) is 3. The van der Waals surface area contributed by atoms with Crippen LogP contribution in [0.25, 0.3) is 0 Å². The molecule has 1 rings (SSSR count). The second-order valence-electron chi connectivity index (χ2n) is 4.11. The van der Waals surface area contributed by atoms with Crippen LogP contribution in [0.15, 0.2) is 12.1 Å². The van der Waals surface area contributed by atoms with Gasteiger partial charge in [-0.1, -0.05) is 26.3 Å². The van der Waals surface area contributed by atoms with Gasteiger partial charge in [-0.15, -0.1) is 0 Å². The summed E-state index contributed by atoms with van der Waals surface area (Å²) in [6.45, 7) is 4.39. The summed E-state index contributed by atoms with van der Waals surface area (Å²) in [6.07, 6.45) is 2.28. The third-order valence-corrected chi connectivity index (χ3v) is 2.99. The first-order valence-electron chi connectivity index (χ1n) is 5.98. The van der Waals surface area contributed by atoms with E-state index < -0.39 is 0 Å². The minimum absolute atomic E-state index is 0.453. The van der Waals surface area contributed by atoms with Gasteiger partial charge in [-0.05, 0) is 18.4 Å². The zero-order valence-corrected chi connectivity index (χ0v) is 11.4. The van der Waals surface area contributed by atoms with Gasteiger partial charge in [0.15, 0.2) is 11.5 Å². The fourth-order valence-corrected chi connectivity index (χ4v) is 2.10. The van der Waals surface area contributed by atoms with Crippen LogP contribution in [0.4, 0.5) is 0 Å². The SMILES string of the molecule is CCCC(C)c1ccc(OC)c(OC)c1OC. The lowest BCUT2D eigenvalue weighted by Crippen LogP contribution is -2.01. The minimum atomic E-state index is 0.453. The number of hydrogen-bond donors (Lipinski definition) is 0. The van der Waals surface area contributed by atoms with Crippen LogP contribution in [0.1, 0.15) is 38.2 Å². The molecule has 3 nitrogen and oxygen atoms in total. The lowest BCUT2D eigenvalue weighted by atomic mass is 9.95. The minimum Gasteiger partial charge on any atom is -0.493 e. The normalized spacial score (nSPS) is 12.1. The van der Waals surface area contributed by atoms with Crippen molar-refractivity contribution in [1.29, 1.82) is 0 Å². The average Bonchev–Trinajstić information content (AvgIpc) is 2.36. The zero-order valence-electron chi connectivity index (χ0n) is 11.4. The van der Waals surface area contributed by atoms with E-state index in [9.17, 15) is 0 Å². The molecule has 0 N–H and O–H groups in total. The number of hydrogen-bond acceptors (Lipinski definition) is 3. The predicted molar refractivity (Wildman–Crippen MR) is 69.4 cm³/mol. The molecule has 96 valence electrons. The summed E-state index contributed by atoms with van der Waals surface area (Å²) < 4.78 is 16.1. The monoisotopic (exact) mass is 238 g/mol. The van der Waals surface area contributed by atoms with E-state index in [0.29, 0.717) is 17.4 Å². The number of methoxy groups -OCH3 is 3. The van der Waals surface area contributed by atoms with Gasteiger partial charge in [0, 0.05) is 5.56 Å². The van der Waals surface area contributed by atoms with Crippen molar-refractivity contribution in [2.24, 2.45) is 0 Å². The van der Waals surface area contributed by atoms with E-state index in [-0.39, 0.29) is 0 Å². The molecule has 0 aliphatic rings. The van der Waals surface area contributed by atoms with Crippen molar-refractivity contribution in [3.05, 3.63) is 17.7 Å². The molecule has 1 atom stereocenters. The molecule has 0 aliphatic heterocycles. The molecule has 0 aromatic heterocycles. The van der Waals surface area contributed by atoms with Crippen LogP contribution < -0.4 is 14.2 Å². The molecule has 0 spiro atoms. The maximum atomic E-state index is 5.47. The van der Waals surface area contributed by atoms with E-state index in [1.54, 1.807) is 21.3 Å². The van der Waals surface area contributed by atoms with Crippen molar-refractivity contribution in [3.63, 3.8) is 0 Å². The maximum absolute atomic E-state index is 5.47. The molecule has 3 heteroatoms. The molecule has 0 saturated heterocycles. The van der Waals surface area contributed by atoms with E-state index in [1.165, 1.54) is 5.56 Å². The fourth-order valence-electron chi connectivity index (χ4n) is 2.10. The lowest BCUT2D eigenvalue weighted by Gasteiger charge is -2.19. The Bertz CT molecular complexity index is 361. The highest BCUT2D eigenvalue weighted by Gasteiger charge is 2.18. The summed E-state index contributed by atoms with van der Waals surface area (Å²) in [4.78, 5) is 0. The van der Waals surface area contributed by atoms with Crippen LogP contribution in [0.3, 0.4) is 0 Å². The van der Waals surface area contributed by atoms with Crippen molar-refractivity contribution in [1.82, 2.24) is 0 Å². The smallest absolute Gasteiger partial charge is 0.203 e. The van der Waals surface area contributed by atoms with Gasteiger partial charge >= 0.3 is 0 Å². The third kappa shape index (κ3) is 2.84. The molecule has 0 heterocycles. The summed E-state index contributed by atoms with van der Waals surface area (Å²) in [6, 6.07) is 3.99. The van der Waals surface area contributed by atoms with Crippen molar-refractivity contribution >= 4 is 0 Å². The molecular formula is C14H22O3. The van der Waals surface area contributed by atoms with E-state index in [4.69, 9.17) is 14.2 Å². The Morgan fingerprint density at radius 2 is 1.65 bits per heavy atom. The first kappa shape index (κ1) is 13.7. The van der Waals surface area contributed by atoms with Crippen LogP contribution >= 0.6 is 0 Å². The second-order valence-corrected chi connectivity index (χ2v) is 4.11. The van der Waals surface area contributed by atoms with E-state index in [2.05, 4.69) is 19.9 Å². The quantitative estimate of drug-likeness (QED) is 0.757. The van der Waals surface area contributed by atoms with Crippen LogP contribution in [-0.4, -0.2) is 21.3 Å². The van der Waals surface area contributed by atoms with Crippen LogP contribution in [0, 0.1) is 0 Å². The lowest BCUT2D eigenvalue weighted by molar-refractivity contribution is 0.320. The van der Waals surface area contributed by atoms with Gasteiger partial charge < -0.3 is 14.2 Å². The van der Waals surface area contributed by atoms with Crippen molar-refractivity contribution in [2.45, 2.75) is 32.6 Å². The summed E-state index contributed by atoms with van der Waals surface area (Å²) in [5, 5.41) is 0. The molecule has 1 unspecified atom stereocenters. The molecule has 0 saturated carbocycles. The van der Waals surface area contributed by atoms with Gasteiger partial charge in [-0.25, -0.2) is 0 Å². The summed E-state index contributed by atoms with van der Waals surface area (Å²) in [5.41, 5.74) is 1.17. The zero-order chi connectivity index (χ0) is 12.8. The average molecular weight is 238 g/mol. The Morgan fingerprint density at radius 1 is 1.00 bits per heavy atom. The van der Waals surface area contributed by atoms with Crippen LogP contribution in [0.2, 0.25) is 0 Å². The molecule has 0 fully saturated rings. The van der Waals surface area contributed by atoms with E-state index in [0.717, 1.165) is 18.6 Å². The Hall–Kier alpha value is -1.38. The van der Waals surface area contributed by atoms with Gasteiger partial charge in [0.05, 0.1) is 21.3 Å². The first-order valence-corrected chi connectivity index (χ1v) is 5.98. The Morgan fingerprint density at radius 3 is 2.12 bits per heavy atom. The highest BCUT2D eigenvalue weighted by Crippen LogP contribution is 2.43. The summed E-state index contributed by atoms with van der Waals surface area (Å²) in [7, 11) is 4.93. The molecule has 0 amide bonds. The Labute approximate surface area is 104 Å². The van der Waals surface area contributed by atoms with Gasteiger partial charge in [0.25, 0.3) is 0 Å². The van der Waals surface area contributed by atoms with Crippen LogP contribution in [0.5, 0.6) is 17.2 Å². The highest BCUT2D eigenvalue weighted by molar-refractivity contribution is 5.56. The van der Waals surface area contributed by atoms with Crippen molar-refractivity contribution < 1.29 is 14.2 Å². The van der Waals surface area contributed by atoms with Crippen molar-refractivity contribution in [2.75, 3.05) is 21.3 Å². The van der Waals surface area contributed by atoms with Crippen molar-refractivity contribution in [3.8, 4) is 17.2 Å². The summed E-state index contributed by atoms with van der Waals surface area (Å²) in [5.74, 6) is 2.62. The fraction of sp³-hybridized carbons (Fsp3) is 0.571. The van der Waals surface area contributed by atoms with E-state index >= 15 is 0 Å². The molecule has 1 aromatic carbocycles. The topological polar surface area (TPSA) is 27.7 Å². The molecule has 0 radical (unpaired) electrons. The molecule has 1 aromatic rings. The van der Waals surface area contributed by atoms with Gasteiger partial charge in [0.2, 0.25) is 5.75 Å². The molecule has 17 heavy (non-hydrogen) atoms. The second kappa shape index (κ2) is 6.38. The molecule has 0 bridgehead atoms. The molecule has 0 aliphatic carbocycles. The maximum Gasteiger partial charge on any atom is 0.203 e. The highest BCUT2D eigenvalue weighted by atomic mass is 16.5.